The van der Waals surface area contributed by atoms with Crippen LogP contribution in [0, 0.1) is 0 Å². The monoisotopic (exact) mass is 406 g/mol. The Labute approximate surface area is 172 Å². The van der Waals surface area contributed by atoms with E-state index in [1.165, 1.54) is 0 Å². The van der Waals surface area contributed by atoms with E-state index in [0.29, 0.717) is 25.2 Å². The molecule has 1 aromatic heterocycles. The molecule has 2 aromatic carbocycles. The van der Waals surface area contributed by atoms with Crippen molar-refractivity contribution in [3.63, 3.8) is 0 Å². The molecule has 0 aliphatic heterocycles. The van der Waals surface area contributed by atoms with Crippen molar-refractivity contribution < 1.29 is 14.6 Å². The van der Waals surface area contributed by atoms with Crippen molar-refractivity contribution in [2.24, 2.45) is 0 Å². The fraction of sp³-hybridized carbons (Fsp3) is 0.174. The van der Waals surface area contributed by atoms with Gasteiger partial charge < -0.3 is 19.8 Å². The third-order valence-corrected chi connectivity index (χ3v) is 4.34. The highest BCUT2D eigenvalue weighted by atomic mass is 16.5. The van der Waals surface area contributed by atoms with Gasteiger partial charge in [0.15, 0.2) is 0 Å². The number of rotatable bonds is 8. The van der Waals surface area contributed by atoms with Crippen molar-refractivity contribution in [2.75, 3.05) is 6.61 Å². The van der Waals surface area contributed by atoms with Gasteiger partial charge in [0.2, 0.25) is 0 Å². The number of aromatic nitrogens is 2. The number of H-pyrrole nitrogens is 2. The van der Waals surface area contributed by atoms with Gasteiger partial charge in [0.05, 0.1) is 6.61 Å². The van der Waals surface area contributed by atoms with Crippen LogP contribution in [0.1, 0.15) is 30.4 Å². The molecule has 7 heteroatoms. The van der Waals surface area contributed by atoms with Crippen molar-refractivity contribution in [3.8, 4) is 5.75 Å². The summed E-state index contributed by atoms with van der Waals surface area (Å²) in [5.74, 6) is -0.161. The van der Waals surface area contributed by atoms with Crippen molar-refractivity contribution >= 4 is 18.1 Å². The van der Waals surface area contributed by atoms with Gasteiger partial charge in [-0.25, -0.2) is 0 Å². The molecule has 0 saturated carbocycles. The second kappa shape index (κ2) is 10.1. The first-order chi connectivity index (χ1) is 14.5. The molecule has 0 spiro atoms. The maximum Gasteiger partial charge on any atom is 0.303 e. The summed E-state index contributed by atoms with van der Waals surface area (Å²) in [6, 6.07) is 16.3. The first-order valence-electron chi connectivity index (χ1n) is 9.57. The Balaban J connectivity index is 1.73. The van der Waals surface area contributed by atoms with E-state index in [1.807, 2.05) is 30.3 Å². The van der Waals surface area contributed by atoms with E-state index in [0.717, 1.165) is 11.1 Å². The Morgan fingerprint density at radius 2 is 1.40 bits per heavy atom. The van der Waals surface area contributed by atoms with E-state index in [2.05, 4.69) is 9.97 Å². The van der Waals surface area contributed by atoms with Crippen molar-refractivity contribution in [2.45, 2.75) is 19.3 Å². The molecule has 3 rings (SSSR count). The molecule has 30 heavy (non-hydrogen) atoms. The van der Waals surface area contributed by atoms with Crippen LogP contribution in [0.3, 0.4) is 0 Å². The molecule has 3 N–H and O–H groups in total. The van der Waals surface area contributed by atoms with Gasteiger partial charge in [-0.3, -0.25) is 14.4 Å². The SMILES string of the molecule is O=C(O)CCCCOc1ccc(/C=c2/[nH]c(=O)/c(=C/c3ccccc3)[nH]c2=O)cc1. The van der Waals surface area contributed by atoms with Gasteiger partial charge in [-0.05, 0) is 48.3 Å². The van der Waals surface area contributed by atoms with E-state index in [-0.39, 0.29) is 22.7 Å². The molecule has 3 aromatic rings. The molecule has 0 unspecified atom stereocenters. The number of hydrogen-bond acceptors (Lipinski definition) is 4. The molecule has 0 aliphatic carbocycles. The van der Waals surface area contributed by atoms with Crippen LogP contribution in [0.4, 0.5) is 0 Å². The van der Waals surface area contributed by atoms with Crippen LogP contribution in [-0.4, -0.2) is 27.7 Å². The van der Waals surface area contributed by atoms with E-state index in [1.54, 1.807) is 36.4 Å². The lowest BCUT2D eigenvalue weighted by molar-refractivity contribution is -0.137. The molecule has 0 bridgehead atoms. The van der Waals surface area contributed by atoms with Gasteiger partial charge in [-0.15, -0.1) is 0 Å². The number of hydrogen-bond donors (Lipinski definition) is 3. The summed E-state index contributed by atoms with van der Waals surface area (Å²) in [6.45, 7) is 0.433. The maximum absolute atomic E-state index is 12.4. The zero-order valence-corrected chi connectivity index (χ0v) is 16.3. The molecule has 0 radical (unpaired) electrons. The summed E-state index contributed by atoms with van der Waals surface area (Å²) in [4.78, 5) is 40.4. The predicted molar refractivity (Wildman–Crippen MR) is 114 cm³/mol. The van der Waals surface area contributed by atoms with Gasteiger partial charge in [0, 0.05) is 6.42 Å². The number of unbranched alkanes of at least 4 members (excludes halogenated alkanes) is 1. The van der Waals surface area contributed by atoms with E-state index < -0.39 is 11.5 Å². The van der Waals surface area contributed by atoms with Crippen LogP contribution in [-0.2, 0) is 4.79 Å². The number of carbonyl (C=O) groups is 1. The number of ether oxygens (including phenoxy) is 1. The minimum atomic E-state index is -0.811. The third-order valence-electron chi connectivity index (χ3n) is 4.34. The molecular weight excluding hydrogens is 384 g/mol. The van der Waals surface area contributed by atoms with Crippen LogP contribution in [0.25, 0.3) is 12.2 Å². The highest BCUT2D eigenvalue weighted by Gasteiger charge is 2.00. The van der Waals surface area contributed by atoms with Gasteiger partial charge >= 0.3 is 5.97 Å². The normalized spacial score (nSPS) is 12.1. The van der Waals surface area contributed by atoms with Crippen molar-refractivity contribution in [1.82, 2.24) is 9.97 Å². The molecular formula is C23H22N2O5. The van der Waals surface area contributed by atoms with Crippen LogP contribution in [0.2, 0.25) is 0 Å². The molecule has 0 aliphatic rings. The summed E-state index contributed by atoms with van der Waals surface area (Å²) in [5.41, 5.74) is 0.768. The van der Waals surface area contributed by atoms with Gasteiger partial charge in [-0.2, -0.15) is 0 Å². The lowest BCUT2D eigenvalue weighted by Crippen LogP contribution is -2.46. The second-order valence-corrected chi connectivity index (χ2v) is 6.70. The average molecular weight is 406 g/mol. The minimum Gasteiger partial charge on any atom is -0.494 e. The fourth-order valence-electron chi connectivity index (χ4n) is 2.81. The van der Waals surface area contributed by atoms with Crippen molar-refractivity contribution in [1.29, 1.82) is 0 Å². The van der Waals surface area contributed by atoms with Gasteiger partial charge in [-0.1, -0.05) is 42.5 Å². The lowest BCUT2D eigenvalue weighted by Gasteiger charge is -2.05. The van der Waals surface area contributed by atoms with Crippen LogP contribution >= 0.6 is 0 Å². The van der Waals surface area contributed by atoms with E-state index >= 15 is 0 Å². The topological polar surface area (TPSA) is 112 Å². The molecule has 0 atom stereocenters. The predicted octanol–water partition coefficient (Wildman–Crippen LogP) is 1.35. The van der Waals surface area contributed by atoms with Crippen LogP contribution < -0.4 is 26.6 Å². The number of nitrogens with one attached hydrogen (secondary N) is 2. The Bertz CT molecular complexity index is 1230. The molecule has 0 saturated heterocycles. The average Bonchev–Trinajstić information content (AvgIpc) is 2.73. The number of aliphatic carboxylic acids is 1. The Morgan fingerprint density at radius 3 is 1.97 bits per heavy atom. The van der Waals surface area contributed by atoms with Gasteiger partial charge in [0.25, 0.3) is 11.1 Å². The Hall–Kier alpha value is -3.87. The summed E-state index contributed by atoms with van der Waals surface area (Å²) >= 11 is 0. The van der Waals surface area contributed by atoms with E-state index in [4.69, 9.17) is 9.84 Å². The Kier molecular flexibility index (Phi) is 7.00. The van der Waals surface area contributed by atoms with E-state index in [9.17, 15) is 14.4 Å². The van der Waals surface area contributed by atoms with Crippen molar-refractivity contribution in [3.05, 3.63) is 97.1 Å². The summed E-state index contributed by atoms with van der Waals surface area (Å²) in [6.07, 6.45) is 4.56. The summed E-state index contributed by atoms with van der Waals surface area (Å²) < 4.78 is 5.57. The smallest absolute Gasteiger partial charge is 0.303 e. The zero-order valence-electron chi connectivity index (χ0n) is 16.3. The fourth-order valence-corrected chi connectivity index (χ4v) is 2.81. The first-order valence-corrected chi connectivity index (χ1v) is 9.57. The number of carboxylic acid groups (broad SMARTS) is 1. The Morgan fingerprint density at radius 1 is 0.833 bits per heavy atom. The number of aromatic amines is 2. The quantitative estimate of drug-likeness (QED) is 0.489. The molecule has 7 nitrogen and oxygen atoms in total. The number of benzene rings is 2. The minimum absolute atomic E-state index is 0.131. The highest BCUT2D eigenvalue weighted by molar-refractivity contribution is 5.66. The second-order valence-electron chi connectivity index (χ2n) is 6.70. The highest BCUT2D eigenvalue weighted by Crippen LogP contribution is 2.13. The molecule has 154 valence electrons. The summed E-state index contributed by atoms with van der Waals surface area (Å²) in [7, 11) is 0. The molecule has 1 heterocycles. The van der Waals surface area contributed by atoms with Crippen LogP contribution in [0.15, 0.2) is 64.2 Å². The number of carboxylic acids is 1. The summed E-state index contributed by atoms with van der Waals surface area (Å²) in [5, 5.41) is 8.96. The maximum atomic E-state index is 12.4. The van der Waals surface area contributed by atoms with Gasteiger partial charge in [0.1, 0.15) is 16.4 Å². The largest absolute Gasteiger partial charge is 0.494 e. The first kappa shape index (κ1) is 20.9. The molecule has 0 amide bonds. The third kappa shape index (κ3) is 6.07. The zero-order chi connectivity index (χ0) is 21.3. The van der Waals surface area contributed by atoms with Crippen LogP contribution in [0.5, 0.6) is 5.75 Å². The molecule has 0 fully saturated rings. The lowest BCUT2D eigenvalue weighted by atomic mass is 10.2. The standard InChI is InChI=1S/C23H22N2O5/c26-21(27)8-4-5-13-30-18-11-9-17(10-12-18)15-20-23(29)24-19(22(28)25-20)14-16-6-2-1-3-7-16/h1-3,6-7,9-12,14-15H,4-5,8,13H2,(H,24,29)(H,25,28)(H,26,27)/b19-14-,20-15+.